The molecule has 2 amide bonds. The molecule has 9 nitrogen and oxygen atoms in total. The highest BCUT2D eigenvalue weighted by molar-refractivity contribution is 7.17. The molecule has 3 heterocycles. The van der Waals surface area contributed by atoms with Gasteiger partial charge in [-0.05, 0) is 56.3 Å². The second-order valence-corrected chi connectivity index (χ2v) is 10.3. The van der Waals surface area contributed by atoms with Gasteiger partial charge < -0.3 is 19.4 Å². The van der Waals surface area contributed by atoms with Gasteiger partial charge in [-0.15, -0.1) is 11.3 Å². The number of imidazole rings is 1. The SMILES string of the molecule is Cc1ncc(-c2ccc(C(=O)Nc3nc4cc(C(=O)Nc5ccccc5)ccc4n3CC(C)(C)O)s2)o1. The van der Waals surface area contributed by atoms with Crippen LogP contribution in [0.4, 0.5) is 11.6 Å². The number of thiophene rings is 1. The van der Waals surface area contributed by atoms with Crippen molar-refractivity contribution >= 4 is 45.8 Å². The minimum absolute atomic E-state index is 0.182. The molecule has 0 aliphatic carbocycles. The molecule has 3 aromatic heterocycles. The first-order valence-electron chi connectivity index (χ1n) is 11.6. The lowest BCUT2D eigenvalue weighted by Crippen LogP contribution is -2.27. The lowest BCUT2D eigenvalue weighted by molar-refractivity contribution is 0.0630. The molecule has 0 unspecified atom stereocenters. The number of hydrogen-bond donors (Lipinski definition) is 3. The number of para-hydroxylation sites is 1. The first kappa shape index (κ1) is 24.4. The van der Waals surface area contributed by atoms with Crippen molar-refractivity contribution in [3.63, 3.8) is 0 Å². The molecule has 10 heteroatoms. The average molecular weight is 516 g/mol. The van der Waals surface area contributed by atoms with Crippen molar-refractivity contribution in [2.24, 2.45) is 0 Å². The van der Waals surface area contributed by atoms with Gasteiger partial charge in [-0.2, -0.15) is 0 Å². The van der Waals surface area contributed by atoms with Gasteiger partial charge in [0, 0.05) is 18.2 Å². The number of nitrogens with one attached hydrogen (secondary N) is 2. The van der Waals surface area contributed by atoms with Crippen molar-refractivity contribution < 1.29 is 19.1 Å². The van der Waals surface area contributed by atoms with E-state index >= 15 is 0 Å². The van der Waals surface area contributed by atoms with Crippen LogP contribution in [0.25, 0.3) is 21.7 Å². The summed E-state index contributed by atoms with van der Waals surface area (Å²) in [4.78, 5) is 35.9. The molecule has 0 atom stereocenters. The molecule has 0 saturated carbocycles. The van der Waals surface area contributed by atoms with Crippen LogP contribution in [0, 0.1) is 6.92 Å². The monoisotopic (exact) mass is 515 g/mol. The normalized spacial score (nSPS) is 11.6. The average Bonchev–Trinajstić information content (AvgIpc) is 3.58. The summed E-state index contributed by atoms with van der Waals surface area (Å²) in [7, 11) is 0. The Morgan fingerprint density at radius 2 is 1.84 bits per heavy atom. The molecule has 0 radical (unpaired) electrons. The summed E-state index contributed by atoms with van der Waals surface area (Å²) >= 11 is 1.27. The van der Waals surface area contributed by atoms with E-state index in [1.807, 2.05) is 30.3 Å². The third kappa shape index (κ3) is 5.45. The molecule has 5 rings (SSSR count). The molecular weight excluding hydrogens is 490 g/mol. The Labute approximate surface area is 216 Å². The van der Waals surface area contributed by atoms with E-state index in [2.05, 4.69) is 20.6 Å². The number of anilines is 2. The van der Waals surface area contributed by atoms with Gasteiger partial charge in [-0.3, -0.25) is 14.9 Å². The zero-order chi connectivity index (χ0) is 26.2. The van der Waals surface area contributed by atoms with E-state index in [-0.39, 0.29) is 24.3 Å². The number of nitrogens with zero attached hydrogens (tertiary/aromatic N) is 3. The number of carbonyl (C=O) groups excluding carboxylic acids is 2. The van der Waals surface area contributed by atoms with E-state index in [4.69, 9.17) is 4.42 Å². The number of carbonyl (C=O) groups is 2. The van der Waals surface area contributed by atoms with Crippen LogP contribution >= 0.6 is 11.3 Å². The fraction of sp³-hybridized carbons (Fsp3) is 0.185. The van der Waals surface area contributed by atoms with Crippen LogP contribution in [0.3, 0.4) is 0 Å². The van der Waals surface area contributed by atoms with Crippen molar-refractivity contribution in [1.29, 1.82) is 0 Å². The Kier molecular flexibility index (Phi) is 6.36. The molecule has 188 valence electrons. The molecule has 0 spiro atoms. The summed E-state index contributed by atoms with van der Waals surface area (Å²) in [5, 5.41) is 16.2. The Balaban J connectivity index is 1.44. The number of oxazole rings is 1. The predicted octanol–water partition coefficient (Wildman–Crippen LogP) is 5.34. The van der Waals surface area contributed by atoms with Crippen LogP contribution < -0.4 is 10.6 Å². The largest absolute Gasteiger partial charge is 0.440 e. The van der Waals surface area contributed by atoms with Crippen LogP contribution in [0.2, 0.25) is 0 Å². The van der Waals surface area contributed by atoms with Crippen molar-refractivity contribution in [1.82, 2.24) is 14.5 Å². The van der Waals surface area contributed by atoms with Crippen LogP contribution in [0.1, 0.15) is 39.8 Å². The fourth-order valence-electron chi connectivity index (χ4n) is 3.87. The Hall–Kier alpha value is -4.28. The summed E-state index contributed by atoms with van der Waals surface area (Å²) in [5.74, 6) is 0.795. The molecule has 5 aromatic rings. The van der Waals surface area contributed by atoms with Crippen LogP contribution in [-0.2, 0) is 6.54 Å². The minimum Gasteiger partial charge on any atom is -0.440 e. The van der Waals surface area contributed by atoms with Gasteiger partial charge in [0.1, 0.15) is 0 Å². The maximum absolute atomic E-state index is 13.1. The summed E-state index contributed by atoms with van der Waals surface area (Å²) < 4.78 is 7.29. The van der Waals surface area contributed by atoms with E-state index in [9.17, 15) is 14.7 Å². The van der Waals surface area contributed by atoms with E-state index < -0.39 is 5.60 Å². The predicted molar refractivity (Wildman–Crippen MR) is 143 cm³/mol. The second-order valence-electron chi connectivity index (χ2n) is 9.22. The molecule has 0 saturated heterocycles. The third-order valence-corrected chi connectivity index (χ3v) is 6.60. The highest BCUT2D eigenvalue weighted by Crippen LogP contribution is 2.30. The van der Waals surface area contributed by atoms with Crippen molar-refractivity contribution in [3.05, 3.63) is 83.2 Å². The van der Waals surface area contributed by atoms with Crippen LogP contribution in [0.5, 0.6) is 0 Å². The van der Waals surface area contributed by atoms with Gasteiger partial charge in [0.05, 0.1) is 39.1 Å². The van der Waals surface area contributed by atoms with E-state index in [1.54, 1.807) is 61.9 Å². The highest BCUT2D eigenvalue weighted by Gasteiger charge is 2.22. The van der Waals surface area contributed by atoms with Crippen molar-refractivity contribution in [2.45, 2.75) is 32.9 Å². The smallest absolute Gasteiger partial charge is 0.268 e. The molecular formula is C27H25N5O4S. The maximum Gasteiger partial charge on any atom is 0.268 e. The van der Waals surface area contributed by atoms with E-state index in [0.29, 0.717) is 38.8 Å². The Morgan fingerprint density at radius 3 is 2.54 bits per heavy atom. The zero-order valence-electron chi connectivity index (χ0n) is 20.5. The van der Waals surface area contributed by atoms with Gasteiger partial charge in [0.25, 0.3) is 11.8 Å². The van der Waals surface area contributed by atoms with Crippen molar-refractivity contribution in [3.8, 4) is 10.6 Å². The molecule has 2 aromatic carbocycles. The fourth-order valence-corrected chi connectivity index (χ4v) is 4.72. The highest BCUT2D eigenvalue weighted by atomic mass is 32.1. The molecule has 0 aliphatic heterocycles. The third-order valence-electron chi connectivity index (χ3n) is 5.51. The number of aliphatic hydroxyl groups is 1. The number of hydrogen-bond acceptors (Lipinski definition) is 7. The van der Waals surface area contributed by atoms with Gasteiger partial charge in [-0.25, -0.2) is 9.97 Å². The van der Waals surface area contributed by atoms with E-state index in [0.717, 1.165) is 4.88 Å². The molecule has 3 N–H and O–H groups in total. The minimum atomic E-state index is -1.07. The molecule has 37 heavy (non-hydrogen) atoms. The Morgan fingerprint density at radius 1 is 1.05 bits per heavy atom. The van der Waals surface area contributed by atoms with Crippen LogP contribution in [0.15, 0.2) is 71.3 Å². The lowest BCUT2D eigenvalue weighted by atomic mass is 10.1. The number of benzene rings is 2. The number of rotatable bonds is 7. The summed E-state index contributed by atoms with van der Waals surface area (Å²) in [6, 6.07) is 17.8. The molecule has 0 bridgehead atoms. The number of amides is 2. The zero-order valence-corrected chi connectivity index (χ0v) is 21.3. The topological polar surface area (TPSA) is 122 Å². The van der Waals surface area contributed by atoms with Gasteiger partial charge in [0.15, 0.2) is 11.7 Å². The van der Waals surface area contributed by atoms with Crippen molar-refractivity contribution in [2.75, 3.05) is 10.6 Å². The quantitative estimate of drug-likeness (QED) is 0.269. The van der Waals surface area contributed by atoms with Gasteiger partial charge in [-0.1, -0.05) is 18.2 Å². The lowest BCUT2D eigenvalue weighted by Gasteiger charge is -2.20. The summed E-state index contributed by atoms with van der Waals surface area (Å²) in [6.45, 7) is 5.30. The van der Waals surface area contributed by atoms with Gasteiger partial charge in [0.2, 0.25) is 5.95 Å². The molecule has 0 fully saturated rings. The maximum atomic E-state index is 13.1. The second kappa shape index (κ2) is 9.64. The van der Waals surface area contributed by atoms with Gasteiger partial charge >= 0.3 is 0 Å². The Bertz CT molecular complexity index is 1590. The number of fused-ring (bicyclic) bond motifs is 1. The standard InChI is InChI=1S/C27H25N5O4S/c1-16-28-14-21(36-16)22-11-12-23(37-22)25(34)31-26-30-19-13-17(24(33)29-18-7-5-4-6-8-18)9-10-20(19)32(26)15-27(2,3)35/h4-14,35H,15H2,1-3H3,(H,29,33)(H,30,31,34). The summed E-state index contributed by atoms with van der Waals surface area (Å²) in [5.41, 5.74) is 1.23. The molecule has 0 aliphatic rings. The van der Waals surface area contributed by atoms with E-state index in [1.165, 1.54) is 11.3 Å². The number of aromatic nitrogens is 3. The number of aryl methyl sites for hydroxylation is 1. The summed E-state index contributed by atoms with van der Waals surface area (Å²) in [6.07, 6.45) is 1.62. The van der Waals surface area contributed by atoms with Crippen LogP contribution in [-0.4, -0.2) is 37.1 Å². The first-order chi connectivity index (χ1) is 17.7. The first-order valence-corrected chi connectivity index (χ1v) is 12.4.